The van der Waals surface area contributed by atoms with E-state index in [0.29, 0.717) is 12.2 Å². The normalized spacial score (nSPS) is 15.7. The van der Waals surface area contributed by atoms with Gasteiger partial charge in [0.15, 0.2) is 0 Å². The Balaban J connectivity index is 1.69. The van der Waals surface area contributed by atoms with Crippen molar-refractivity contribution in [1.82, 2.24) is 15.8 Å². The fourth-order valence-corrected chi connectivity index (χ4v) is 4.20. The standard InChI is InChI=1S/C23H21N3O2/c1-2-4-14-11-15(7-8-17(14)16-9-10-24-12-16)22-19-13-28-26-23(27)18-5-3-6-20(25-22)21(18)19/h2-3,5-8,11-12,24-25H,1,4,9-10,13H2,(H,26,27). The Morgan fingerprint density at radius 2 is 2.11 bits per heavy atom. The van der Waals surface area contributed by atoms with Crippen molar-refractivity contribution in [3.8, 4) is 11.3 Å². The van der Waals surface area contributed by atoms with Crippen molar-refractivity contribution in [1.29, 1.82) is 0 Å². The Hall–Kier alpha value is -3.31. The summed E-state index contributed by atoms with van der Waals surface area (Å²) >= 11 is 0. The lowest BCUT2D eigenvalue weighted by atomic mass is 9.93. The summed E-state index contributed by atoms with van der Waals surface area (Å²) in [6.07, 6.45) is 5.88. The second-order valence-corrected chi connectivity index (χ2v) is 7.16. The number of carbonyl (C=O) groups is 1. The summed E-state index contributed by atoms with van der Waals surface area (Å²) in [6.45, 7) is 5.24. The Labute approximate surface area is 163 Å². The van der Waals surface area contributed by atoms with E-state index < -0.39 is 0 Å². The van der Waals surface area contributed by atoms with Gasteiger partial charge < -0.3 is 10.3 Å². The van der Waals surface area contributed by atoms with Crippen LogP contribution >= 0.6 is 0 Å². The summed E-state index contributed by atoms with van der Waals surface area (Å²) in [7, 11) is 0. The van der Waals surface area contributed by atoms with E-state index in [0.717, 1.165) is 47.1 Å². The van der Waals surface area contributed by atoms with Gasteiger partial charge in [0.05, 0.1) is 11.3 Å². The molecule has 0 spiro atoms. The first-order valence-corrected chi connectivity index (χ1v) is 9.49. The third-order valence-electron chi connectivity index (χ3n) is 5.47. The van der Waals surface area contributed by atoms with Crippen LogP contribution in [0.1, 0.15) is 33.5 Å². The summed E-state index contributed by atoms with van der Waals surface area (Å²) in [5.74, 6) is -0.210. The highest BCUT2D eigenvalue weighted by Crippen LogP contribution is 2.36. The SMILES string of the molecule is C=CCc1cc(-c2[nH]c3cccc4c3c2CONC4=O)ccc1C1=CNCC1. The Bertz CT molecular complexity index is 1140. The molecule has 2 aliphatic heterocycles. The fraction of sp³-hybridized carbons (Fsp3) is 0.174. The number of hydrogen-bond donors (Lipinski definition) is 3. The number of aromatic amines is 1. The van der Waals surface area contributed by atoms with Crippen molar-refractivity contribution in [2.75, 3.05) is 6.54 Å². The highest BCUT2D eigenvalue weighted by atomic mass is 16.6. The molecule has 140 valence electrons. The molecular formula is C23H21N3O2. The number of H-pyrrole nitrogens is 1. The molecule has 0 saturated heterocycles. The van der Waals surface area contributed by atoms with Crippen LogP contribution in [-0.4, -0.2) is 17.4 Å². The largest absolute Gasteiger partial charge is 0.390 e. The van der Waals surface area contributed by atoms with Gasteiger partial charge in [-0.15, -0.1) is 6.58 Å². The average Bonchev–Trinajstić information content (AvgIpc) is 3.32. The molecule has 3 heterocycles. The molecule has 2 aliphatic rings. The van der Waals surface area contributed by atoms with Crippen molar-refractivity contribution in [3.05, 3.63) is 77.5 Å². The average molecular weight is 371 g/mol. The summed E-state index contributed by atoms with van der Waals surface area (Å²) in [4.78, 5) is 21.2. The summed E-state index contributed by atoms with van der Waals surface area (Å²) in [5, 5.41) is 4.23. The van der Waals surface area contributed by atoms with E-state index in [1.54, 1.807) is 0 Å². The first kappa shape index (κ1) is 16.8. The Morgan fingerprint density at radius 1 is 1.18 bits per heavy atom. The minimum absolute atomic E-state index is 0.210. The molecule has 0 fully saturated rings. The lowest BCUT2D eigenvalue weighted by Gasteiger charge is -2.12. The van der Waals surface area contributed by atoms with Gasteiger partial charge in [-0.1, -0.05) is 24.3 Å². The molecule has 1 amide bonds. The van der Waals surface area contributed by atoms with Gasteiger partial charge in [-0.2, -0.15) is 0 Å². The van der Waals surface area contributed by atoms with E-state index in [1.807, 2.05) is 24.3 Å². The summed E-state index contributed by atoms with van der Waals surface area (Å²) in [5.41, 5.74) is 11.0. The summed E-state index contributed by atoms with van der Waals surface area (Å²) in [6, 6.07) is 12.3. The van der Waals surface area contributed by atoms with Crippen LogP contribution in [0.15, 0.2) is 55.3 Å². The molecule has 0 aliphatic carbocycles. The van der Waals surface area contributed by atoms with E-state index in [2.05, 4.69) is 46.8 Å². The van der Waals surface area contributed by atoms with Crippen LogP contribution in [0.4, 0.5) is 0 Å². The van der Waals surface area contributed by atoms with Gasteiger partial charge in [-0.05, 0) is 53.3 Å². The van der Waals surface area contributed by atoms with Crippen LogP contribution in [0.25, 0.3) is 27.7 Å². The predicted molar refractivity (Wildman–Crippen MR) is 110 cm³/mol. The number of hydroxylamine groups is 1. The van der Waals surface area contributed by atoms with E-state index in [1.165, 1.54) is 16.7 Å². The fourth-order valence-electron chi connectivity index (χ4n) is 4.20. The molecule has 0 bridgehead atoms. The van der Waals surface area contributed by atoms with Crippen LogP contribution in [0, 0.1) is 0 Å². The zero-order valence-corrected chi connectivity index (χ0v) is 15.5. The molecule has 5 nitrogen and oxygen atoms in total. The number of allylic oxidation sites excluding steroid dienone is 1. The molecule has 1 aromatic heterocycles. The molecule has 0 saturated carbocycles. The lowest BCUT2D eigenvalue weighted by Crippen LogP contribution is -2.21. The topological polar surface area (TPSA) is 66.1 Å². The third-order valence-corrected chi connectivity index (χ3v) is 5.47. The second-order valence-electron chi connectivity index (χ2n) is 7.16. The number of benzene rings is 2. The first-order chi connectivity index (χ1) is 13.8. The maximum absolute atomic E-state index is 12.3. The molecule has 3 N–H and O–H groups in total. The molecule has 5 heteroatoms. The van der Waals surface area contributed by atoms with Crippen LogP contribution in [0.2, 0.25) is 0 Å². The molecule has 0 radical (unpaired) electrons. The van der Waals surface area contributed by atoms with Crippen molar-refractivity contribution in [2.45, 2.75) is 19.4 Å². The minimum atomic E-state index is -0.210. The van der Waals surface area contributed by atoms with E-state index in [-0.39, 0.29) is 5.91 Å². The number of nitrogens with one attached hydrogen (secondary N) is 3. The number of amides is 1. The summed E-state index contributed by atoms with van der Waals surface area (Å²) < 4.78 is 0. The highest BCUT2D eigenvalue weighted by Gasteiger charge is 2.23. The van der Waals surface area contributed by atoms with Crippen molar-refractivity contribution in [2.24, 2.45) is 0 Å². The zero-order chi connectivity index (χ0) is 19.1. The molecule has 28 heavy (non-hydrogen) atoms. The molecule has 2 aromatic carbocycles. The quantitative estimate of drug-likeness (QED) is 0.606. The highest BCUT2D eigenvalue weighted by molar-refractivity contribution is 6.09. The van der Waals surface area contributed by atoms with Crippen LogP contribution in [0.3, 0.4) is 0 Å². The lowest BCUT2D eigenvalue weighted by molar-refractivity contribution is 0.0256. The molecule has 0 unspecified atom stereocenters. The molecular weight excluding hydrogens is 350 g/mol. The number of aromatic nitrogens is 1. The van der Waals surface area contributed by atoms with Gasteiger partial charge in [-0.3, -0.25) is 9.63 Å². The molecule has 3 aromatic rings. The van der Waals surface area contributed by atoms with Gasteiger partial charge in [0.25, 0.3) is 5.91 Å². The second kappa shape index (κ2) is 6.69. The van der Waals surface area contributed by atoms with Crippen molar-refractivity contribution < 1.29 is 9.63 Å². The Morgan fingerprint density at radius 3 is 2.93 bits per heavy atom. The zero-order valence-electron chi connectivity index (χ0n) is 15.5. The van der Waals surface area contributed by atoms with Crippen LogP contribution in [0.5, 0.6) is 0 Å². The minimum Gasteiger partial charge on any atom is -0.390 e. The van der Waals surface area contributed by atoms with E-state index in [9.17, 15) is 4.79 Å². The smallest absolute Gasteiger partial charge is 0.275 e. The monoisotopic (exact) mass is 371 g/mol. The maximum atomic E-state index is 12.3. The molecule has 0 atom stereocenters. The van der Waals surface area contributed by atoms with Crippen LogP contribution < -0.4 is 10.8 Å². The third kappa shape index (κ3) is 2.63. The van der Waals surface area contributed by atoms with Gasteiger partial charge in [0.1, 0.15) is 6.61 Å². The van der Waals surface area contributed by atoms with Crippen molar-refractivity contribution >= 4 is 22.4 Å². The number of carbonyl (C=O) groups excluding carboxylic acids is 1. The maximum Gasteiger partial charge on any atom is 0.275 e. The molecule has 5 rings (SSSR count). The van der Waals surface area contributed by atoms with Crippen molar-refractivity contribution in [3.63, 3.8) is 0 Å². The number of hydrogen-bond acceptors (Lipinski definition) is 3. The van der Waals surface area contributed by atoms with E-state index >= 15 is 0 Å². The predicted octanol–water partition coefficient (Wildman–Crippen LogP) is 4.07. The van der Waals surface area contributed by atoms with Gasteiger partial charge in [0, 0.05) is 29.2 Å². The van der Waals surface area contributed by atoms with E-state index in [4.69, 9.17) is 4.84 Å². The van der Waals surface area contributed by atoms with Crippen LogP contribution in [-0.2, 0) is 17.9 Å². The van der Waals surface area contributed by atoms with Gasteiger partial charge in [-0.25, -0.2) is 5.48 Å². The Kier molecular flexibility index (Phi) is 4.02. The van der Waals surface area contributed by atoms with Gasteiger partial charge >= 0.3 is 0 Å². The van der Waals surface area contributed by atoms with Gasteiger partial charge in [0.2, 0.25) is 0 Å². The number of rotatable bonds is 4. The first-order valence-electron chi connectivity index (χ1n) is 9.49.